The minimum atomic E-state index is -0.402. The Morgan fingerprint density at radius 2 is 2.26 bits per heavy atom. The molecular formula is C16H13ClN6O2S2. The van der Waals surface area contributed by atoms with Gasteiger partial charge in [-0.1, -0.05) is 11.6 Å². The number of imidazole rings is 1. The molecule has 27 heavy (non-hydrogen) atoms. The van der Waals surface area contributed by atoms with Crippen LogP contribution >= 0.6 is 34.3 Å². The van der Waals surface area contributed by atoms with Crippen LogP contribution in [0.2, 0.25) is 5.15 Å². The molecule has 11 heteroatoms. The molecule has 138 valence electrons. The van der Waals surface area contributed by atoms with Crippen molar-refractivity contribution >= 4 is 61.6 Å². The number of carbonyl (C=O) groups excluding carboxylic acids is 1. The summed E-state index contributed by atoms with van der Waals surface area (Å²) in [7, 11) is 0. The van der Waals surface area contributed by atoms with E-state index in [1.54, 1.807) is 4.40 Å². The number of carbonyl (C=O) groups is 1. The van der Waals surface area contributed by atoms with Crippen LogP contribution < -0.4 is 11.0 Å². The number of hydrogen-bond donors (Lipinski definition) is 2. The molecule has 0 aromatic carbocycles. The number of hydrazone groups is 1. The smallest absolute Gasteiger partial charge is 0.259 e. The Morgan fingerprint density at radius 1 is 1.44 bits per heavy atom. The third kappa shape index (κ3) is 3.27. The number of thiophene rings is 1. The molecule has 0 saturated heterocycles. The van der Waals surface area contributed by atoms with E-state index in [1.165, 1.54) is 28.9 Å². The van der Waals surface area contributed by atoms with E-state index in [-0.39, 0.29) is 12.0 Å². The average molecular weight is 421 g/mol. The van der Waals surface area contributed by atoms with E-state index in [0.717, 1.165) is 15.4 Å². The second-order valence-corrected chi connectivity index (χ2v) is 8.22. The van der Waals surface area contributed by atoms with Crippen molar-refractivity contribution in [2.45, 2.75) is 20.3 Å². The van der Waals surface area contributed by atoms with Gasteiger partial charge in [-0.15, -0.1) is 22.7 Å². The molecule has 0 spiro atoms. The summed E-state index contributed by atoms with van der Waals surface area (Å²) in [5.41, 5.74) is 3.67. The van der Waals surface area contributed by atoms with E-state index in [0.29, 0.717) is 26.9 Å². The first-order valence-electron chi connectivity index (χ1n) is 7.86. The summed E-state index contributed by atoms with van der Waals surface area (Å²) in [4.78, 5) is 38.0. The fourth-order valence-corrected chi connectivity index (χ4v) is 4.67. The Labute approximate surface area is 165 Å². The van der Waals surface area contributed by atoms with Crippen molar-refractivity contribution in [2.24, 2.45) is 5.10 Å². The molecule has 4 aromatic rings. The van der Waals surface area contributed by atoms with Gasteiger partial charge < -0.3 is 4.98 Å². The van der Waals surface area contributed by atoms with E-state index in [9.17, 15) is 9.59 Å². The predicted octanol–water partition coefficient (Wildman–Crippen LogP) is 2.66. The zero-order valence-corrected chi connectivity index (χ0v) is 16.6. The molecule has 0 saturated carbocycles. The zero-order valence-electron chi connectivity index (χ0n) is 14.2. The van der Waals surface area contributed by atoms with Crippen LogP contribution in [0.1, 0.15) is 22.0 Å². The monoisotopic (exact) mass is 420 g/mol. The Hall–Kier alpha value is -2.56. The third-order valence-electron chi connectivity index (χ3n) is 4.05. The number of nitrogens with zero attached hydrogens (tertiary/aromatic N) is 4. The number of H-pyrrole nitrogens is 1. The molecule has 1 amide bonds. The van der Waals surface area contributed by atoms with Crippen LogP contribution in [-0.2, 0) is 11.2 Å². The Kier molecular flexibility index (Phi) is 4.54. The maximum absolute atomic E-state index is 12.2. The Balaban J connectivity index is 1.50. The number of rotatable bonds is 4. The fourth-order valence-electron chi connectivity index (χ4n) is 2.63. The van der Waals surface area contributed by atoms with Gasteiger partial charge in [-0.05, 0) is 19.4 Å². The maximum atomic E-state index is 12.2. The van der Waals surface area contributed by atoms with Crippen molar-refractivity contribution in [1.82, 2.24) is 24.8 Å². The van der Waals surface area contributed by atoms with Crippen LogP contribution in [0.5, 0.6) is 0 Å². The molecule has 0 atom stereocenters. The van der Waals surface area contributed by atoms with E-state index < -0.39 is 5.91 Å². The Morgan fingerprint density at radius 3 is 3.07 bits per heavy atom. The lowest BCUT2D eigenvalue weighted by Crippen LogP contribution is -2.23. The normalized spacial score (nSPS) is 11.8. The summed E-state index contributed by atoms with van der Waals surface area (Å²) in [6.07, 6.45) is 3.15. The minimum absolute atomic E-state index is 0.0908. The highest BCUT2D eigenvalue weighted by Crippen LogP contribution is 2.25. The highest BCUT2D eigenvalue weighted by molar-refractivity contribution is 7.18. The van der Waals surface area contributed by atoms with Gasteiger partial charge in [0.1, 0.15) is 16.3 Å². The van der Waals surface area contributed by atoms with E-state index in [4.69, 9.17) is 11.6 Å². The van der Waals surface area contributed by atoms with Gasteiger partial charge in [0.15, 0.2) is 10.1 Å². The molecule has 0 aliphatic rings. The summed E-state index contributed by atoms with van der Waals surface area (Å²) < 4.78 is 1.77. The molecule has 0 aliphatic heterocycles. The van der Waals surface area contributed by atoms with Crippen LogP contribution in [0.25, 0.3) is 15.2 Å². The van der Waals surface area contributed by atoms with Crippen LogP contribution in [0, 0.1) is 13.8 Å². The molecule has 0 bridgehead atoms. The Bertz CT molecular complexity index is 1270. The topological polar surface area (TPSA) is 105 Å². The second kappa shape index (κ2) is 6.87. The number of aryl methyl sites for hydroxylation is 2. The first-order chi connectivity index (χ1) is 12.9. The van der Waals surface area contributed by atoms with E-state index in [2.05, 4.69) is 25.5 Å². The second-order valence-electron chi connectivity index (χ2n) is 5.79. The van der Waals surface area contributed by atoms with Crippen molar-refractivity contribution in [1.29, 1.82) is 0 Å². The van der Waals surface area contributed by atoms with Crippen LogP contribution in [-0.4, -0.2) is 31.5 Å². The largest absolute Gasteiger partial charge is 0.309 e. The summed E-state index contributed by atoms with van der Waals surface area (Å²) in [6.45, 7) is 3.83. The van der Waals surface area contributed by atoms with Gasteiger partial charge in [-0.3, -0.25) is 14.0 Å². The van der Waals surface area contributed by atoms with Crippen molar-refractivity contribution in [3.63, 3.8) is 0 Å². The van der Waals surface area contributed by atoms with Crippen molar-refractivity contribution < 1.29 is 4.79 Å². The summed E-state index contributed by atoms with van der Waals surface area (Å²) in [5.74, 6) is -0.106. The van der Waals surface area contributed by atoms with E-state index >= 15 is 0 Å². The highest BCUT2D eigenvalue weighted by atomic mass is 35.5. The number of halogens is 1. The summed E-state index contributed by atoms with van der Waals surface area (Å²) >= 11 is 8.95. The molecule has 0 radical (unpaired) electrons. The molecular weight excluding hydrogens is 408 g/mol. The fraction of sp³-hybridized carbons (Fsp3) is 0.188. The lowest BCUT2D eigenvalue weighted by Gasteiger charge is -2.00. The predicted molar refractivity (Wildman–Crippen MR) is 107 cm³/mol. The van der Waals surface area contributed by atoms with Crippen LogP contribution in [0.15, 0.2) is 21.5 Å². The molecule has 0 fully saturated rings. The summed E-state index contributed by atoms with van der Waals surface area (Å²) in [6, 6.07) is 0. The number of hydrogen-bond acceptors (Lipinski definition) is 7. The highest BCUT2D eigenvalue weighted by Gasteiger charge is 2.14. The zero-order chi connectivity index (χ0) is 19.1. The lowest BCUT2D eigenvalue weighted by molar-refractivity contribution is -0.120. The van der Waals surface area contributed by atoms with E-state index in [1.807, 2.05) is 25.4 Å². The number of amides is 1. The SMILES string of the molecule is Cc1sc2nc(CC(=O)N/N=C/c3c(Cl)nc4sccn34)[nH]c(=O)c2c1C. The van der Waals surface area contributed by atoms with Gasteiger partial charge in [0.2, 0.25) is 5.91 Å². The molecule has 0 aliphatic carbocycles. The van der Waals surface area contributed by atoms with Gasteiger partial charge >= 0.3 is 0 Å². The van der Waals surface area contributed by atoms with Gasteiger partial charge in [0.25, 0.3) is 5.56 Å². The van der Waals surface area contributed by atoms with Gasteiger partial charge in [0, 0.05) is 16.5 Å². The number of aromatic nitrogens is 4. The minimum Gasteiger partial charge on any atom is -0.309 e. The number of fused-ring (bicyclic) bond motifs is 2. The first kappa shape index (κ1) is 17.8. The molecule has 4 heterocycles. The van der Waals surface area contributed by atoms with Gasteiger partial charge in [0.05, 0.1) is 18.0 Å². The van der Waals surface area contributed by atoms with Crippen LogP contribution in [0.3, 0.4) is 0 Å². The molecule has 4 rings (SSSR count). The van der Waals surface area contributed by atoms with Gasteiger partial charge in [-0.2, -0.15) is 5.10 Å². The first-order valence-corrected chi connectivity index (χ1v) is 9.93. The molecule has 4 aromatic heterocycles. The summed E-state index contributed by atoms with van der Waals surface area (Å²) in [5, 5.41) is 6.68. The van der Waals surface area contributed by atoms with Gasteiger partial charge in [-0.25, -0.2) is 15.4 Å². The quantitative estimate of drug-likeness (QED) is 0.391. The average Bonchev–Trinajstić information content (AvgIpc) is 3.23. The molecule has 0 unspecified atom stereocenters. The number of thiazole rings is 1. The number of aromatic amines is 1. The molecule has 8 nitrogen and oxygen atoms in total. The molecule has 2 N–H and O–H groups in total. The van der Waals surface area contributed by atoms with Crippen molar-refractivity contribution in [3.8, 4) is 0 Å². The number of nitrogens with one attached hydrogen (secondary N) is 2. The van der Waals surface area contributed by atoms with Crippen molar-refractivity contribution in [2.75, 3.05) is 0 Å². The standard InChI is InChI=1S/C16H13ClN6O2S2/c1-7-8(2)27-15-12(7)14(25)19-10(20-15)5-11(24)22-18-6-9-13(17)21-16-23(9)3-4-26-16/h3-4,6H,5H2,1-2H3,(H,22,24)(H,19,20,25)/b18-6+. The lowest BCUT2D eigenvalue weighted by atomic mass is 10.2. The van der Waals surface area contributed by atoms with Crippen LogP contribution in [0.4, 0.5) is 0 Å². The van der Waals surface area contributed by atoms with Crippen molar-refractivity contribution in [3.05, 3.63) is 49.0 Å². The third-order valence-corrected chi connectivity index (χ3v) is 6.18. The maximum Gasteiger partial charge on any atom is 0.259 e.